The van der Waals surface area contributed by atoms with Crippen molar-refractivity contribution in [1.82, 2.24) is 5.32 Å². The molecule has 3 aromatic carbocycles. The van der Waals surface area contributed by atoms with Crippen LogP contribution in [-0.4, -0.2) is 33.0 Å². The van der Waals surface area contributed by atoms with E-state index in [1.54, 1.807) is 45.6 Å². The van der Waals surface area contributed by atoms with Gasteiger partial charge >= 0.3 is 0 Å². The van der Waals surface area contributed by atoms with Crippen molar-refractivity contribution < 1.29 is 23.8 Å². The third kappa shape index (κ3) is 3.50. The number of fused-ring (bicyclic) bond motifs is 3. The number of carbonyl (C=O) groups is 2. The Morgan fingerprint density at radius 3 is 2.03 bits per heavy atom. The molecular weight excluding hydrogens is 394 g/mol. The number of nitrogens with one attached hydrogen (secondary N) is 1. The lowest BCUT2D eigenvalue weighted by Crippen LogP contribution is -2.26. The first-order valence-electron chi connectivity index (χ1n) is 9.87. The summed E-state index contributed by atoms with van der Waals surface area (Å²) in [7, 11) is 4.63. The molecule has 0 spiro atoms. The minimum absolute atomic E-state index is 0.0575. The van der Waals surface area contributed by atoms with Crippen LogP contribution >= 0.6 is 0 Å². The van der Waals surface area contributed by atoms with Crippen LogP contribution in [0.2, 0.25) is 0 Å². The van der Waals surface area contributed by atoms with Crippen molar-refractivity contribution in [2.45, 2.75) is 13.0 Å². The van der Waals surface area contributed by atoms with Crippen molar-refractivity contribution in [2.75, 3.05) is 21.3 Å². The summed E-state index contributed by atoms with van der Waals surface area (Å²) < 4.78 is 16.1. The molecule has 4 rings (SSSR count). The highest BCUT2D eigenvalue weighted by Crippen LogP contribution is 2.40. The van der Waals surface area contributed by atoms with Gasteiger partial charge in [0, 0.05) is 16.7 Å². The van der Waals surface area contributed by atoms with Crippen LogP contribution < -0.4 is 19.5 Å². The van der Waals surface area contributed by atoms with E-state index in [2.05, 4.69) is 5.32 Å². The first-order chi connectivity index (χ1) is 15.0. The summed E-state index contributed by atoms with van der Waals surface area (Å²) in [6.07, 6.45) is 0. The lowest BCUT2D eigenvalue weighted by molar-refractivity contribution is 0.0939. The van der Waals surface area contributed by atoms with Crippen LogP contribution in [0.25, 0.3) is 11.1 Å². The second-order valence-corrected chi connectivity index (χ2v) is 7.29. The number of rotatable bonds is 6. The van der Waals surface area contributed by atoms with E-state index in [1.807, 2.05) is 37.3 Å². The normalized spacial score (nSPS) is 12.6. The molecule has 1 unspecified atom stereocenters. The lowest BCUT2D eigenvalue weighted by Gasteiger charge is -2.19. The zero-order chi connectivity index (χ0) is 22.1. The first-order valence-corrected chi connectivity index (χ1v) is 9.87. The zero-order valence-electron chi connectivity index (χ0n) is 17.8. The molecule has 31 heavy (non-hydrogen) atoms. The van der Waals surface area contributed by atoms with Gasteiger partial charge in [-0.3, -0.25) is 9.59 Å². The molecule has 1 atom stereocenters. The average Bonchev–Trinajstić information content (AvgIpc) is 3.09. The monoisotopic (exact) mass is 417 g/mol. The van der Waals surface area contributed by atoms with Crippen molar-refractivity contribution in [3.63, 3.8) is 0 Å². The van der Waals surface area contributed by atoms with E-state index in [1.165, 1.54) is 0 Å². The highest BCUT2D eigenvalue weighted by atomic mass is 16.5. The van der Waals surface area contributed by atoms with Crippen LogP contribution in [-0.2, 0) is 0 Å². The van der Waals surface area contributed by atoms with E-state index in [-0.39, 0.29) is 17.7 Å². The fraction of sp³-hybridized carbons (Fsp3) is 0.200. The molecule has 1 aliphatic carbocycles. The Hall–Kier alpha value is -3.80. The highest BCUT2D eigenvalue weighted by molar-refractivity contribution is 6.22. The van der Waals surface area contributed by atoms with Gasteiger partial charge in [-0.2, -0.15) is 0 Å². The fourth-order valence-corrected chi connectivity index (χ4v) is 3.88. The Kier molecular flexibility index (Phi) is 5.38. The molecule has 0 aromatic heterocycles. The number of hydrogen-bond donors (Lipinski definition) is 1. The second kappa shape index (κ2) is 8.14. The number of amides is 1. The first kappa shape index (κ1) is 20.5. The van der Waals surface area contributed by atoms with E-state index in [0.717, 1.165) is 16.7 Å². The number of ketones is 1. The molecule has 1 amide bonds. The van der Waals surface area contributed by atoms with Crippen LogP contribution in [0.4, 0.5) is 0 Å². The zero-order valence-corrected chi connectivity index (χ0v) is 17.8. The Bertz CT molecular complexity index is 1160. The molecule has 0 saturated heterocycles. The molecule has 0 aliphatic heterocycles. The van der Waals surface area contributed by atoms with E-state index in [4.69, 9.17) is 14.2 Å². The molecule has 0 saturated carbocycles. The predicted molar refractivity (Wildman–Crippen MR) is 117 cm³/mol. The summed E-state index contributed by atoms with van der Waals surface area (Å²) in [4.78, 5) is 25.7. The standard InChI is InChI=1S/C25H23NO5/c1-14(16-12-21(29-2)24(31-4)22(13-16)30-3)26-25(28)15-9-10-18-17-7-5-6-8-19(17)23(27)20(18)11-15/h5-14H,1-4H3,(H,26,28). The number of carbonyl (C=O) groups excluding carboxylic acids is 2. The van der Waals surface area contributed by atoms with Crippen molar-refractivity contribution in [2.24, 2.45) is 0 Å². The Labute approximate surface area is 180 Å². The van der Waals surface area contributed by atoms with E-state index >= 15 is 0 Å². The van der Waals surface area contributed by atoms with E-state index in [0.29, 0.717) is 33.9 Å². The second-order valence-electron chi connectivity index (χ2n) is 7.29. The molecule has 6 heteroatoms. The summed E-state index contributed by atoms with van der Waals surface area (Å²) in [6, 6.07) is 16.0. The summed E-state index contributed by atoms with van der Waals surface area (Å²) in [5, 5.41) is 2.98. The van der Waals surface area contributed by atoms with Gasteiger partial charge in [0.15, 0.2) is 17.3 Å². The Balaban J connectivity index is 1.59. The Morgan fingerprint density at radius 2 is 1.42 bits per heavy atom. The Morgan fingerprint density at radius 1 is 0.806 bits per heavy atom. The van der Waals surface area contributed by atoms with Gasteiger partial charge in [0.25, 0.3) is 5.91 Å². The van der Waals surface area contributed by atoms with Crippen LogP contribution in [0.1, 0.15) is 44.8 Å². The van der Waals surface area contributed by atoms with Gasteiger partial charge in [-0.05, 0) is 47.9 Å². The van der Waals surface area contributed by atoms with Crippen molar-refractivity contribution >= 4 is 11.7 Å². The molecule has 0 radical (unpaired) electrons. The summed E-state index contributed by atoms with van der Waals surface area (Å²) in [5.41, 5.74) is 4.21. The van der Waals surface area contributed by atoms with Gasteiger partial charge < -0.3 is 19.5 Å². The van der Waals surface area contributed by atoms with Gasteiger partial charge in [0.2, 0.25) is 5.75 Å². The molecule has 6 nitrogen and oxygen atoms in total. The molecule has 0 heterocycles. The average molecular weight is 417 g/mol. The summed E-state index contributed by atoms with van der Waals surface area (Å²) in [6.45, 7) is 1.87. The summed E-state index contributed by atoms with van der Waals surface area (Å²) in [5.74, 6) is 1.19. The molecule has 3 aromatic rings. The largest absolute Gasteiger partial charge is 0.493 e. The maximum absolute atomic E-state index is 12.9. The van der Waals surface area contributed by atoms with Crippen molar-refractivity contribution in [3.05, 3.63) is 76.9 Å². The third-order valence-electron chi connectivity index (χ3n) is 5.52. The van der Waals surface area contributed by atoms with E-state index < -0.39 is 0 Å². The maximum atomic E-state index is 12.9. The van der Waals surface area contributed by atoms with Crippen LogP contribution in [0.3, 0.4) is 0 Å². The molecule has 0 fully saturated rings. The van der Waals surface area contributed by atoms with Gasteiger partial charge in [0.1, 0.15) is 0 Å². The molecule has 158 valence electrons. The van der Waals surface area contributed by atoms with Crippen molar-refractivity contribution in [1.29, 1.82) is 0 Å². The lowest BCUT2D eigenvalue weighted by atomic mass is 10.0. The number of benzene rings is 3. The fourth-order valence-electron chi connectivity index (χ4n) is 3.88. The number of methoxy groups -OCH3 is 3. The number of hydrogen-bond acceptors (Lipinski definition) is 5. The van der Waals surface area contributed by atoms with Gasteiger partial charge in [-0.15, -0.1) is 0 Å². The molecule has 1 N–H and O–H groups in total. The van der Waals surface area contributed by atoms with Crippen molar-refractivity contribution in [3.8, 4) is 28.4 Å². The maximum Gasteiger partial charge on any atom is 0.251 e. The molecule has 1 aliphatic rings. The van der Waals surface area contributed by atoms with Gasteiger partial charge in [-0.25, -0.2) is 0 Å². The van der Waals surface area contributed by atoms with Gasteiger partial charge in [-0.1, -0.05) is 30.3 Å². The predicted octanol–water partition coefficient (Wildman–Crippen LogP) is 4.41. The van der Waals surface area contributed by atoms with Crippen LogP contribution in [0.15, 0.2) is 54.6 Å². The van der Waals surface area contributed by atoms with Crippen LogP contribution in [0, 0.1) is 0 Å². The third-order valence-corrected chi connectivity index (χ3v) is 5.52. The minimum Gasteiger partial charge on any atom is -0.493 e. The SMILES string of the molecule is COc1cc(C(C)NC(=O)c2ccc3c(c2)C(=O)c2ccccc2-3)cc(OC)c1OC. The van der Waals surface area contributed by atoms with E-state index in [9.17, 15) is 9.59 Å². The molecule has 0 bridgehead atoms. The van der Waals surface area contributed by atoms with Crippen LogP contribution in [0.5, 0.6) is 17.2 Å². The number of ether oxygens (including phenoxy) is 3. The van der Waals surface area contributed by atoms with Gasteiger partial charge in [0.05, 0.1) is 27.4 Å². The molecular formula is C25H23NO5. The smallest absolute Gasteiger partial charge is 0.251 e. The quantitative estimate of drug-likeness (QED) is 0.503. The summed E-state index contributed by atoms with van der Waals surface area (Å²) >= 11 is 0. The minimum atomic E-state index is -0.331. The topological polar surface area (TPSA) is 73.9 Å². The highest BCUT2D eigenvalue weighted by Gasteiger charge is 2.27.